The first kappa shape index (κ1) is 14.4. The van der Waals surface area contributed by atoms with Gasteiger partial charge < -0.3 is 4.74 Å². The first-order chi connectivity index (χ1) is 7.91. The zero-order valence-electron chi connectivity index (χ0n) is 9.21. The zero-order chi connectivity index (χ0) is 13.1. The highest BCUT2D eigenvalue weighted by molar-refractivity contribution is 7.91. The third-order valence-corrected chi connectivity index (χ3v) is 5.41. The Labute approximate surface area is 108 Å². The maximum absolute atomic E-state index is 12.1. The van der Waals surface area contributed by atoms with Gasteiger partial charge in [0.05, 0.1) is 13.3 Å². The van der Waals surface area contributed by atoms with Crippen molar-refractivity contribution >= 4 is 38.9 Å². The molecule has 1 rings (SSSR count). The SMILES string of the molecule is CCN(CC(=O)OC)S(=O)(=O)c1cnc(Cl)s1. The summed E-state index contributed by atoms with van der Waals surface area (Å²) in [7, 11) is -2.53. The standard InChI is InChI=1S/C8H11ClN2O4S2/c1-3-11(5-6(12)15-2)17(13,14)7-4-10-8(9)16-7/h4H,3,5H2,1-2H3. The van der Waals surface area contributed by atoms with Gasteiger partial charge in [0, 0.05) is 6.54 Å². The third kappa shape index (κ3) is 3.38. The predicted octanol–water partition coefficient (Wildman–Crippen LogP) is 0.980. The number of thiazole rings is 1. The molecule has 6 nitrogen and oxygen atoms in total. The Morgan fingerprint density at radius 2 is 2.29 bits per heavy atom. The van der Waals surface area contributed by atoms with E-state index in [1.54, 1.807) is 6.92 Å². The first-order valence-electron chi connectivity index (χ1n) is 4.60. The number of ether oxygens (including phenoxy) is 1. The second-order valence-electron chi connectivity index (χ2n) is 2.94. The maximum atomic E-state index is 12.1. The maximum Gasteiger partial charge on any atom is 0.321 e. The minimum atomic E-state index is -3.73. The molecule has 1 aromatic rings. The van der Waals surface area contributed by atoms with Gasteiger partial charge in [0.1, 0.15) is 6.54 Å². The number of hydrogen-bond donors (Lipinski definition) is 0. The molecule has 0 unspecified atom stereocenters. The molecule has 0 aliphatic rings. The Kier molecular flexibility index (Phi) is 4.87. The third-order valence-electron chi connectivity index (χ3n) is 1.94. The summed E-state index contributed by atoms with van der Waals surface area (Å²) in [6, 6.07) is 0. The second kappa shape index (κ2) is 5.76. The molecule has 1 heterocycles. The van der Waals surface area contributed by atoms with Crippen molar-refractivity contribution in [2.75, 3.05) is 20.2 Å². The van der Waals surface area contributed by atoms with Crippen LogP contribution < -0.4 is 0 Å². The number of esters is 1. The van der Waals surface area contributed by atoms with E-state index < -0.39 is 16.0 Å². The number of likely N-dealkylation sites (N-methyl/N-ethyl adjacent to an activating group) is 1. The van der Waals surface area contributed by atoms with Crippen LogP contribution in [0, 0.1) is 0 Å². The molecule has 0 amide bonds. The smallest absolute Gasteiger partial charge is 0.321 e. The fourth-order valence-electron chi connectivity index (χ4n) is 1.06. The van der Waals surface area contributed by atoms with E-state index in [1.807, 2.05) is 0 Å². The number of aromatic nitrogens is 1. The van der Waals surface area contributed by atoms with Gasteiger partial charge >= 0.3 is 5.97 Å². The molecule has 0 saturated carbocycles. The molecular weight excluding hydrogens is 288 g/mol. The summed E-state index contributed by atoms with van der Waals surface area (Å²) in [5, 5.41) is 0. The number of hydrogen-bond acceptors (Lipinski definition) is 6. The van der Waals surface area contributed by atoms with Crippen LogP contribution in [0.5, 0.6) is 0 Å². The minimum Gasteiger partial charge on any atom is -0.468 e. The van der Waals surface area contributed by atoms with E-state index in [4.69, 9.17) is 11.6 Å². The van der Waals surface area contributed by atoms with Crippen LogP contribution in [0.4, 0.5) is 0 Å². The Bertz CT molecular complexity index is 499. The van der Waals surface area contributed by atoms with Crippen LogP contribution in [-0.4, -0.2) is 43.9 Å². The highest BCUT2D eigenvalue weighted by atomic mass is 35.5. The second-order valence-corrected chi connectivity index (χ2v) is 6.72. The van der Waals surface area contributed by atoms with E-state index in [-0.39, 0.29) is 21.8 Å². The average Bonchev–Trinajstić information content (AvgIpc) is 2.72. The zero-order valence-corrected chi connectivity index (χ0v) is 11.6. The highest BCUT2D eigenvalue weighted by Crippen LogP contribution is 2.25. The van der Waals surface area contributed by atoms with E-state index in [0.717, 1.165) is 15.6 Å². The van der Waals surface area contributed by atoms with Gasteiger partial charge in [0.25, 0.3) is 10.0 Å². The van der Waals surface area contributed by atoms with Gasteiger partial charge in [-0.1, -0.05) is 29.9 Å². The fourth-order valence-corrected chi connectivity index (χ4v) is 3.90. The van der Waals surface area contributed by atoms with Crippen LogP contribution in [0.25, 0.3) is 0 Å². The van der Waals surface area contributed by atoms with Gasteiger partial charge in [-0.25, -0.2) is 13.4 Å². The summed E-state index contributed by atoms with van der Waals surface area (Å²) >= 11 is 6.43. The quantitative estimate of drug-likeness (QED) is 0.757. The van der Waals surface area contributed by atoms with Crippen molar-refractivity contribution in [3.63, 3.8) is 0 Å². The summed E-state index contributed by atoms with van der Waals surface area (Å²) in [4.78, 5) is 14.8. The molecule has 96 valence electrons. The lowest BCUT2D eigenvalue weighted by atomic mass is 10.6. The topological polar surface area (TPSA) is 76.6 Å². The van der Waals surface area contributed by atoms with Gasteiger partial charge in [-0.3, -0.25) is 4.79 Å². The highest BCUT2D eigenvalue weighted by Gasteiger charge is 2.27. The van der Waals surface area contributed by atoms with Crippen molar-refractivity contribution in [3.05, 3.63) is 10.7 Å². The van der Waals surface area contributed by atoms with Crippen LogP contribution in [-0.2, 0) is 19.6 Å². The van der Waals surface area contributed by atoms with Gasteiger partial charge in [-0.05, 0) is 0 Å². The molecule has 0 saturated heterocycles. The number of sulfonamides is 1. The van der Waals surface area contributed by atoms with Crippen LogP contribution >= 0.6 is 22.9 Å². The predicted molar refractivity (Wildman–Crippen MR) is 63.6 cm³/mol. The molecule has 0 spiro atoms. The molecule has 1 aromatic heterocycles. The summed E-state index contributed by atoms with van der Waals surface area (Å²) in [5.74, 6) is -0.619. The largest absolute Gasteiger partial charge is 0.468 e. The average molecular weight is 299 g/mol. The van der Waals surface area contributed by atoms with Crippen LogP contribution in [0.1, 0.15) is 6.92 Å². The van der Waals surface area contributed by atoms with E-state index >= 15 is 0 Å². The van der Waals surface area contributed by atoms with Crippen molar-refractivity contribution in [1.29, 1.82) is 0 Å². The van der Waals surface area contributed by atoms with E-state index in [9.17, 15) is 13.2 Å². The number of carbonyl (C=O) groups is 1. The molecule has 0 N–H and O–H groups in total. The van der Waals surface area contributed by atoms with Crippen LogP contribution in [0.2, 0.25) is 4.47 Å². The normalized spacial score (nSPS) is 11.8. The molecule has 0 bridgehead atoms. The summed E-state index contributed by atoms with van der Waals surface area (Å²) in [6.07, 6.45) is 1.17. The molecule has 0 aromatic carbocycles. The van der Waals surface area contributed by atoms with Crippen molar-refractivity contribution in [2.24, 2.45) is 0 Å². The van der Waals surface area contributed by atoms with E-state index in [0.29, 0.717) is 0 Å². The van der Waals surface area contributed by atoms with Gasteiger partial charge in [-0.15, -0.1) is 0 Å². The molecule has 17 heavy (non-hydrogen) atoms. The lowest BCUT2D eigenvalue weighted by molar-refractivity contribution is -0.140. The lowest BCUT2D eigenvalue weighted by Crippen LogP contribution is -2.35. The Morgan fingerprint density at radius 3 is 2.71 bits per heavy atom. The summed E-state index contributed by atoms with van der Waals surface area (Å²) in [6.45, 7) is 1.46. The number of rotatable bonds is 5. The molecular formula is C8H11ClN2O4S2. The van der Waals surface area contributed by atoms with Gasteiger partial charge in [-0.2, -0.15) is 4.31 Å². The Morgan fingerprint density at radius 1 is 1.65 bits per heavy atom. The Hall–Kier alpha value is -0.700. The molecule has 0 radical (unpaired) electrons. The molecule has 0 aliphatic carbocycles. The summed E-state index contributed by atoms with van der Waals surface area (Å²) < 4.78 is 29.7. The molecule has 0 fully saturated rings. The van der Waals surface area contributed by atoms with Crippen molar-refractivity contribution in [3.8, 4) is 0 Å². The van der Waals surface area contributed by atoms with Crippen LogP contribution in [0.3, 0.4) is 0 Å². The Balaban J connectivity index is 2.98. The van der Waals surface area contributed by atoms with Crippen molar-refractivity contribution < 1.29 is 17.9 Å². The van der Waals surface area contributed by atoms with Gasteiger partial charge in [0.2, 0.25) is 0 Å². The number of carbonyl (C=O) groups excluding carboxylic acids is 1. The number of methoxy groups -OCH3 is 1. The lowest BCUT2D eigenvalue weighted by Gasteiger charge is -2.17. The summed E-state index contributed by atoms with van der Waals surface area (Å²) in [5.41, 5.74) is 0. The molecule has 0 aliphatic heterocycles. The molecule has 9 heteroatoms. The van der Waals surface area contributed by atoms with Crippen LogP contribution in [0.15, 0.2) is 10.4 Å². The fraction of sp³-hybridized carbons (Fsp3) is 0.500. The van der Waals surface area contributed by atoms with Gasteiger partial charge in [0.15, 0.2) is 8.68 Å². The van der Waals surface area contributed by atoms with E-state index in [1.165, 1.54) is 13.3 Å². The van der Waals surface area contributed by atoms with E-state index in [2.05, 4.69) is 9.72 Å². The number of nitrogens with zero attached hydrogens (tertiary/aromatic N) is 2. The number of halogens is 1. The first-order valence-corrected chi connectivity index (χ1v) is 7.23. The van der Waals surface area contributed by atoms with Crippen molar-refractivity contribution in [1.82, 2.24) is 9.29 Å². The monoisotopic (exact) mass is 298 g/mol. The molecule has 0 atom stereocenters. The van der Waals surface area contributed by atoms with Crippen molar-refractivity contribution in [2.45, 2.75) is 11.1 Å². The minimum absolute atomic E-state index is 0.00764.